The lowest BCUT2D eigenvalue weighted by Crippen LogP contribution is -1.95. The summed E-state index contributed by atoms with van der Waals surface area (Å²) in [5, 5.41) is 8.81. The number of halogens is 2. The average Bonchev–Trinajstić information content (AvgIpc) is 2.28. The van der Waals surface area contributed by atoms with Gasteiger partial charge in [0.25, 0.3) is 0 Å². The Bertz CT molecular complexity index is 282. The lowest BCUT2D eigenvalue weighted by Gasteiger charge is -1.97. The average molecular weight is 282 g/mol. The van der Waals surface area contributed by atoms with Crippen molar-refractivity contribution in [2.45, 2.75) is 6.61 Å². The summed E-state index contributed by atoms with van der Waals surface area (Å²) < 4.78 is 3.09. The molecule has 5 heteroatoms. The Morgan fingerprint density at radius 1 is 1.64 bits per heavy atom. The van der Waals surface area contributed by atoms with E-state index in [1.54, 1.807) is 10.8 Å². The predicted molar refractivity (Wildman–Crippen MR) is 49.9 cm³/mol. The van der Waals surface area contributed by atoms with E-state index in [0.29, 0.717) is 10.4 Å². The van der Waals surface area contributed by atoms with Gasteiger partial charge >= 0.3 is 0 Å². The van der Waals surface area contributed by atoms with Gasteiger partial charge in [-0.25, -0.2) is 4.98 Å². The first-order valence-electron chi connectivity index (χ1n) is 2.86. The van der Waals surface area contributed by atoms with Crippen LogP contribution < -0.4 is 0 Å². The van der Waals surface area contributed by atoms with E-state index < -0.39 is 0 Å². The van der Waals surface area contributed by atoms with Crippen molar-refractivity contribution in [2.75, 3.05) is 0 Å². The van der Waals surface area contributed by atoms with Crippen molar-refractivity contribution in [3.63, 3.8) is 0 Å². The minimum Gasteiger partial charge on any atom is -0.388 e. The van der Waals surface area contributed by atoms with E-state index in [2.05, 4.69) is 43.4 Å². The Hall–Kier alpha value is -0.130. The molecule has 0 aliphatic carbocycles. The van der Waals surface area contributed by atoms with Crippen molar-refractivity contribution in [1.82, 2.24) is 9.55 Å². The van der Waals surface area contributed by atoms with Gasteiger partial charge in [-0.3, -0.25) is 4.57 Å². The summed E-state index contributed by atoms with van der Waals surface area (Å²) in [6.45, 7) is 3.47. The second kappa shape index (κ2) is 3.51. The van der Waals surface area contributed by atoms with Crippen molar-refractivity contribution in [3.05, 3.63) is 21.6 Å². The van der Waals surface area contributed by atoms with Crippen molar-refractivity contribution >= 4 is 38.1 Å². The second-order valence-corrected chi connectivity index (χ2v) is 3.32. The van der Waals surface area contributed by atoms with Crippen molar-refractivity contribution in [2.24, 2.45) is 0 Å². The molecule has 0 aliphatic heterocycles. The summed E-state index contributed by atoms with van der Waals surface area (Å²) in [5.74, 6) is 0.554. The zero-order valence-corrected chi connectivity index (χ0v) is 8.76. The summed E-state index contributed by atoms with van der Waals surface area (Å²) in [6, 6.07) is 0. The first-order chi connectivity index (χ1) is 5.20. The molecule has 0 saturated carbocycles. The summed E-state index contributed by atoms with van der Waals surface area (Å²) in [7, 11) is 0. The number of nitrogens with zero attached hydrogens (tertiary/aromatic N) is 2. The van der Waals surface area contributed by atoms with Gasteiger partial charge < -0.3 is 5.11 Å². The molecule has 0 saturated heterocycles. The molecular formula is C6H6Br2N2O. The number of aliphatic hydroxyl groups is 1. The number of hydrogen-bond acceptors (Lipinski definition) is 2. The number of aliphatic hydroxyl groups excluding tert-OH is 1. The zero-order chi connectivity index (χ0) is 8.43. The molecule has 11 heavy (non-hydrogen) atoms. The molecule has 1 N–H and O–H groups in total. The second-order valence-electron chi connectivity index (χ2n) is 1.82. The number of hydrogen-bond donors (Lipinski definition) is 1. The topological polar surface area (TPSA) is 38.0 Å². The third kappa shape index (κ3) is 1.55. The van der Waals surface area contributed by atoms with Crippen LogP contribution in [0.3, 0.4) is 0 Å². The monoisotopic (exact) mass is 280 g/mol. The van der Waals surface area contributed by atoms with E-state index in [1.807, 2.05) is 0 Å². The van der Waals surface area contributed by atoms with Gasteiger partial charge in [-0.1, -0.05) is 6.58 Å². The number of rotatable bonds is 2. The Labute approximate surface area is 81.0 Å². The minimum absolute atomic E-state index is 0.101. The largest absolute Gasteiger partial charge is 0.388 e. The maximum Gasteiger partial charge on any atom is 0.140 e. The van der Waals surface area contributed by atoms with Gasteiger partial charge in [0.15, 0.2) is 0 Å². The maximum atomic E-state index is 8.81. The van der Waals surface area contributed by atoms with E-state index in [0.717, 1.165) is 4.60 Å². The van der Waals surface area contributed by atoms with Gasteiger partial charge in [0.05, 0.1) is 0 Å². The Morgan fingerprint density at radius 2 is 2.27 bits per heavy atom. The zero-order valence-electron chi connectivity index (χ0n) is 5.59. The highest BCUT2D eigenvalue weighted by Gasteiger charge is 2.09. The van der Waals surface area contributed by atoms with Crippen LogP contribution in [0, 0.1) is 0 Å². The third-order valence-corrected chi connectivity index (χ3v) is 3.05. The normalized spacial score (nSPS) is 10.1. The maximum absolute atomic E-state index is 8.81. The third-order valence-electron chi connectivity index (χ3n) is 1.21. The molecule has 0 unspecified atom stereocenters. The lowest BCUT2D eigenvalue weighted by atomic mass is 10.6. The van der Waals surface area contributed by atoms with Crippen LogP contribution in [0.15, 0.2) is 15.8 Å². The molecule has 1 rings (SSSR count). The molecule has 1 aromatic rings. The summed E-state index contributed by atoms with van der Waals surface area (Å²) in [6.07, 6.45) is 1.58. The van der Waals surface area contributed by atoms with Crippen LogP contribution in [0.25, 0.3) is 6.20 Å². The quantitative estimate of drug-likeness (QED) is 0.901. The number of aromatic nitrogens is 2. The molecule has 3 nitrogen and oxygen atoms in total. The summed E-state index contributed by atoms with van der Waals surface area (Å²) in [4.78, 5) is 4.01. The Morgan fingerprint density at radius 3 is 2.64 bits per heavy atom. The van der Waals surface area contributed by atoms with E-state index in [-0.39, 0.29) is 6.61 Å². The SMILES string of the molecule is C=Cn1c(CO)nc(Br)c1Br. The Kier molecular flexibility index (Phi) is 2.86. The highest BCUT2D eigenvalue weighted by molar-refractivity contribution is 9.13. The van der Waals surface area contributed by atoms with E-state index in [9.17, 15) is 0 Å². The summed E-state index contributed by atoms with van der Waals surface area (Å²) >= 11 is 6.48. The molecule has 0 atom stereocenters. The van der Waals surface area contributed by atoms with Gasteiger partial charge in [0, 0.05) is 6.20 Å². The smallest absolute Gasteiger partial charge is 0.140 e. The van der Waals surface area contributed by atoms with Crippen LogP contribution in [-0.4, -0.2) is 14.7 Å². The first-order valence-corrected chi connectivity index (χ1v) is 4.44. The fourth-order valence-corrected chi connectivity index (χ4v) is 1.56. The van der Waals surface area contributed by atoms with Gasteiger partial charge in [-0.15, -0.1) is 0 Å². The Balaban J connectivity index is 3.26. The van der Waals surface area contributed by atoms with E-state index >= 15 is 0 Å². The molecule has 1 heterocycles. The molecule has 0 radical (unpaired) electrons. The van der Waals surface area contributed by atoms with E-state index in [1.165, 1.54) is 0 Å². The fourth-order valence-electron chi connectivity index (χ4n) is 0.723. The molecule has 0 aromatic carbocycles. The number of imidazole rings is 1. The molecule has 0 bridgehead atoms. The van der Waals surface area contributed by atoms with Crippen molar-refractivity contribution < 1.29 is 5.11 Å². The van der Waals surface area contributed by atoms with Crippen molar-refractivity contribution in [3.8, 4) is 0 Å². The minimum atomic E-state index is -0.101. The van der Waals surface area contributed by atoms with Crippen LogP contribution in [0.2, 0.25) is 0 Å². The first kappa shape index (κ1) is 8.96. The molecule has 0 aliphatic rings. The van der Waals surface area contributed by atoms with Gasteiger partial charge in [0.1, 0.15) is 21.6 Å². The van der Waals surface area contributed by atoms with Crippen LogP contribution in [0.5, 0.6) is 0 Å². The molecule has 1 aromatic heterocycles. The van der Waals surface area contributed by atoms with Gasteiger partial charge in [-0.05, 0) is 31.9 Å². The molecule has 0 spiro atoms. The van der Waals surface area contributed by atoms with E-state index in [4.69, 9.17) is 5.11 Å². The highest BCUT2D eigenvalue weighted by Crippen LogP contribution is 2.23. The molecule has 60 valence electrons. The van der Waals surface area contributed by atoms with Crippen molar-refractivity contribution in [1.29, 1.82) is 0 Å². The highest BCUT2D eigenvalue weighted by atomic mass is 79.9. The molecule has 0 amide bonds. The fraction of sp³-hybridized carbons (Fsp3) is 0.167. The summed E-state index contributed by atoms with van der Waals surface area (Å²) in [5.41, 5.74) is 0. The van der Waals surface area contributed by atoms with Crippen LogP contribution in [0.1, 0.15) is 5.82 Å². The predicted octanol–water partition coefficient (Wildman–Crippen LogP) is 2.00. The molecule has 0 fully saturated rings. The molecular weight excluding hydrogens is 276 g/mol. The lowest BCUT2D eigenvalue weighted by molar-refractivity contribution is 0.270. The van der Waals surface area contributed by atoms with Gasteiger partial charge in [0.2, 0.25) is 0 Å². The van der Waals surface area contributed by atoms with Gasteiger partial charge in [-0.2, -0.15) is 0 Å². The van der Waals surface area contributed by atoms with Crippen LogP contribution in [0.4, 0.5) is 0 Å². The standard InChI is InChI=1S/C6H6Br2N2O/c1-2-10-4(3-11)9-5(7)6(10)8/h2,11H,1,3H2. The van der Waals surface area contributed by atoms with Crippen LogP contribution in [-0.2, 0) is 6.61 Å². The van der Waals surface area contributed by atoms with Crippen LogP contribution >= 0.6 is 31.9 Å².